The molecule has 0 aliphatic rings. The van der Waals surface area contributed by atoms with Crippen LogP contribution in [0.2, 0.25) is 0 Å². The number of hydrogen-bond acceptors (Lipinski definition) is 0. The predicted octanol–water partition coefficient (Wildman–Crippen LogP) is -0.168. The summed E-state index contributed by atoms with van der Waals surface area (Å²) >= 11 is 0. The molecular weight excluding hydrogens is 305 g/mol. The van der Waals surface area contributed by atoms with E-state index in [1.54, 1.807) is 0 Å². The van der Waals surface area contributed by atoms with E-state index in [1.165, 1.54) is 0 Å². The Labute approximate surface area is 109 Å². The molecule has 0 unspecified atom stereocenters. The molecule has 0 aromatic rings. The van der Waals surface area contributed by atoms with Gasteiger partial charge in [0.25, 0.3) is 0 Å². The summed E-state index contributed by atoms with van der Waals surface area (Å²) in [6.07, 6.45) is 0. The fourth-order valence-corrected chi connectivity index (χ4v) is 0. The van der Waals surface area contributed by atoms with Gasteiger partial charge in [0, 0.05) is 84.8 Å². The summed E-state index contributed by atoms with van der Waals surface area (Å²) in [5.41, 5.74) is 0. The number of hydrogen-bond donors (Lipinski definition) is 0. The van der Waals surface area contributed by atoms with Crippen molar-refractivity contribution in [1.82, 2.24) is 0 Å². The molecule has 0 aromatic carbocycles. The smallest absolute Gasteiger partial charge is 1.00 e. The molecule has 0 fully saturated rings. The zero-order chi connectivity index (χ0) is 0. The third kappa shape index (κ3) is 26.5. The van der Waals surface area contributed by atoms with E-state index in [4.69, 9.17) is 0 Å². The molecule has 44 valence electrons. The fraction of sp³-hybridized carbons (Fsp3) is 0. The third-order valence-corrected chi connectivity index (χ3v) is 0. The Balaban J connectivity index is 0. The van der Waals surface area contributed by atoms with Crippen molar-refractivity contribution < 1.29 is 87.6 Å². The first-order chi connectivity index (χ1) is 0. The predicted molar refractivity (Wildman–Crippen MR) is 7.98 cm³/mol. The summed E-state index contributed by atoms with van der Waals surface area (Å²) in [4.78, 5) is 0. The van der Waals surface area contributed by atoms with Crippen LogP contribution in [0.3, 0.4) is 0 Å². The Morgan fingerprint density at radius 3 is 1.17 bits per heavy atom. The minimum atomic E-state index is 0. The van der Waals surface area contributed by atoms with Gasteiger partial charge in [-0.1, -0.05) is 0 Å². The second-order valence-corrected chi connectivity index (χ2v) is 0. The summed E-state index contributed by atoms with van der Waals surface area (Å²) in [6, 6.07) is 0. The van der Waals surface area contributed by atoms with Crippen LogP contribution in [0.5, 0.6) is 0 Å². The van der Waals surface area contributed by atoms with Gasteiger partial charge in [-0.15, -0.1) is 0 Å². The second kappa shape index (κ2) is 40.3. The van der Waals surface area contributed by atoms with Gasteiger partial charge < -0.3 is 2.85 Å². The molecule has 0 saturated carbocycles. The van der Waals surface area contributed by atoms with E-state index in [0.717, 1.165) is 0 Å². The minimum absolute atomic E-state index is 0. The van der Waals surface area contributed by atoms with Crippen LogP contribution in [-0.2, 0) is 84.8 Å². The van der Waals surface area contributed by atoms with E-state index < -0.39 is 0 Å². The van der Waals surface area contributed by atoms with Crippen molar-refractivity contribution in [2.75, 3.05) is 0 Å². The van der Waals surface area contributed by atoms with Gasteiger partial charge in [0.1, 0.15) is 0 Å². The maximum Gasteiger partial charge on any atom is 2.00 e. The van der Waals surface area contributed by atoms with Crippen molar-refractivity contribution in [3.8, 4) is 0 Å². The third-order valence-electron chi connectivity index (χ3n) is 0. The average molecular weight is 307 g/mol. The Morgan fingerprint density at radius 2 is 1.17 bits per heavy atom. The molecule has 0 nitrogen and oxygen atoms in total. The van der Waals surface area contributed by atoms with Gasteiger partial charge in [0.15, 0.2) is 0 Å². The summed E-state index contributed by atoms with van der Waals surface area (Å²) in [6.45, 7) is 0. The van der Waals surface area contributed by atoms with Crippen LogP contribution in [0.15, 0.2) is 0 Å². The van der Waals surface area contributed by atoms with Crippen LogP contribution in [-0.4, -0.2) is 23.1 Å². The van der Waals surface area contributed by atoms with Gasteiger partial charge >= 0.3 is 23.1 Å². The second-order valence-electron chi connectivity index (χ2n) is 0. The van der Waals surface area contributed by atoms with Crippen molar-refractivity contribution in [3.63, 3.8) is 0 Å². The van der Waals surface area contributed by atoms with Crippen LogP contribution in [0.1, 0.15) is 2.85 Å². The molecule has 0 amide bonds. The summed E-state index contributed by atoms with van der Waals surface area (Å²) in [5, 5.41) is 0. The summed E-state index contributed by atoms with van der Waals surface area (Å²) < 4.78 is 0. The van der Waals surface area contributed by atoms with Crippen LogP contribution >= 0.6 is 0 Å². The van der Waals surface area contributed by atoms with Crippen molar-refractivity contribution in [3.05, 3.63) is 0 Å². The average Bonchev–Trinajstić information content (AvgIpc) is 0. The van der Waals surface area contributed by atoms with Crippen LogP contribution < -0.4 is 0 Å². The molecule has 0 aromatic heterocycles. The van der Waals surface area contributed by atoms with Gasteiger partial charge in [0.05, 0.1) is 0 Å². The molecule has 0 atom stereocenters. The fourth-order valence-electron chi connectivity index (χ4n) is 0. The van der Waals surface area contributed by atoms with Crippen LogP contribution in [0, 0.1) is 0 Å². The number of rotatable bonds is 0. The van der Waals surface area contributed by atoms with Crippen molar-refractivity contribution in [2.24, 2.45) is 0 Å². The van der Waals surface area contributed by atoms with E-state index in [0.29, 0.717) is 0 Å². The topological polar surface area (TPSA) is 0 Å². The SMILES string of the molecule is [Co].[Cr].[Fe].[H-].[H-].[Mg+2].[Mn].[Ni]. The van der Waals surface area contributed by atoms with E-state index in [1.807, 2.05) is 0 Å². The first-order valence-corrected chi connectivity index (χ1v) is 0. The van der Waals surface area contributed by atoms with E-state index in [-0.39, 0.29) is 111 Å². The molecule has 0 N–H and O–H groups in total. The molecule has 0 saturated heterocycles. The molecular formula is H2CoCrFeMgMnNi. The van der Waals surface area contributed by atoms with Crippen LogP contribution in [0.25, 0.3) is 0 Å². The monoisotopic (exact) mass is 306 g/mol. The normalized spacial score (nSPS) is 0. The van der Waals surface area contributed by atoms with E-state index in [9.17, 15) is 0 Å². The van der Waals surface area contributed by atoms with Crippen LogP contribution in [0.4, 0.5) is 0 Å². The zero-order valence-corrected chi connectivity index (χ0v) is 9.50. The molecule has 6 heteroatoms. The Hall–Kier alpha value is 3.34. The zero-order valence-electron chi connectivity index (χ0n) is 4.50. The van der Waals surface area contributed by atoms with E-state index in [2.05, 4.69) is 0 Å². The maximum atomic E-state index is 0. The standard InChI is InChI=1S/Co.Cr.Fe.Mg.Mn.Ni.2H/q;;;+2;;;2*-1. The molecule has 0 rings (SSSR count). The molecule has 0 bridgehead atoms. The van der Waals surface area contributed by atoms with E-state index >= 15 is 0 Å². The minimum Gasteiger partial charge on any atom is -1.00 e. The summed E-state index contributed by atoms with van der Waals surface area (Å²) in [7, 11) is 0. The van der Waals surface area contributed by atoms with Crippen molar-refractivity contribution in [1.29, 1.82) is 0 Å². The van der Waals surface area contributed by atoms with Gasteiger partial charge in [-0.25, -0.2) is 0 Å². The molecule has 6 heavy (non-hydrogen) atoms. The first-order valence-electron chi connectivity index (χ1n) is 0. The first kappa shape index (κ1) is 58.3. The maximum absolute atomic E-state index is 0. The summed E-state index contributed by atoms with van der Waals surface area (Å²) in [5.74, 6) is 0. The van der Waals surface area contributed by atoms with Gasteiger partial charge in [-0.05, 0) is 0 Å². The Bertz CT molecular complexity index is 22.0. The Morgan fingerprint density at radius 1 is 1.17 bits per heavy atom. The van der Waals surface area contributed by atoms with Gasteiger partial charge in [0.2, 0.25) is 0 Å². The quantitative estimate of drug-likeness (QED) is 0.545. The van der Waals surface area contributed by atoms with Crippen molar-refractivity contribution in [2.45, 2.75) is 0 Å². The molecule has 0 spiro atoms. The molecule has 0 aliphatic carbocycles. The molecule has 2 radical (unpaired) electrons. The largest absolute Gasteiger partial charge is 2.00 e. The van der Waals surface area contributed by atoms with Gasteiger partial charge in [-0.2, -0.15) is 0 Å². The van der Waals surface area contributed by atoms with Crippen molar-refractivity contribution >= 4 is 23.1 Å². The van der Waals surface area contributed by atoms with Gasteiger partial charge in [-0.3, -0.25) is 0 Å². The Kier molecular flexibility index (Phi) is 391. The molecule has 0 aliphatic heterocycles. The molecule has 0 heterocycles.